The summed E-state index contributed by atoms with van der Waals surface area (Å²) < 4.78 is 1.97. The number of hydrogen-bond acceptors (Lipinski definition) is 2. The number of imidazole rings is 1. The molecule has 1 aliphatic carbocycles. The lowest BCUT2D eigenvalue weighted by molar-refractivity contribution is -0.136. The highest BCUT2D eigenvalue weighted by Gasteiger charge is 2.36. The fourth-order valence-electron chi connectivity index (χ4n) is 3.05. The minimum Gasteiger partial charge on any atom is -0.334 e. The SMILES string of the molecule is [B]c1cccc(C2C(=O)N(CC3CC3)Cc3cncn32)c1. The largest absolute Gasteiger partial charge is 0.334 e. The van der Waals surface area contributed by atoms with E-state index in [1.807, 2.05) is 39.9 Å². The normalized spacial score (nSPS) is 21.4. The minimum atomic E-state index is -0.335. The Kier molecular flexibility index (Phi) is 2.87. The van der Waals surface area contributed by atoms with Gasteiger partial charge >= 0.3 is 0 Å². The quantitative estimate of drug-likeness (QED) is 0.786. The van der Waals surface area contributed by atoms with Crippen molar-refractivity contribution in [3.8, 4) is 0 Å². The Balaban J connectivity index is 1.74. The number of hydrogen-bond donors (Lipinski definition) is 0. The van der Waals surface area contributed by atoms with Crippen LogP contribution >= 0.6 is 0 Å². The molecule has 0 spiro atoms. The van der Waals surface area contributed by atoms with Gasteiger partial charge in [0.05, 0.1) is 18.6 Å². The number of benzene rings is 1. The molecule has 2 radical (unpaired) electrons. The molecule has 4 rings (SSSR count). The molecule has 2 heterocycles. The van der Waals surface area contributed by atoms with Crippen LogP contribution in [0.1, 0.15) is 30.1 Å². The number of fused-ring (bicyclic) bond motifs is 1. The van der Waals surface area contributed by atoms with Gasteiger partial charge in [0.2, 0.25) is 0 Å². The van der Waals surface area contributed by atoms with Crippen molar-refractivity contribution in [1.82, 2.24) is 14.5 Å². The Morgan fingerprint density at radius 2 is 2.19 bits per heavy atom. The molecule has 21 heavy (non-hydrogen) atoms. The van der Waals surface area contributed by atoms with Crippen molar-refractivity contribution in [2.24, 2.45) is 5.92 Å². The van der Waals surface area contributed by atoms with Gasteiger partial charge in [-0.15, -0.1) is 0 Å². The number of carbonyl (C=O) groups excluding carboxylic acids is 1. The van der Waals surface area contributed by atoms with E-state index < -0.39 is 0 Å². The molecule has 2 aliphatic rings. The van der Waals surface area contributed by atoms with Gasteiger partial charge in [-0.2, -0.15) is 0 Å². The van der Waals surface area contributed by atoms with Crippen LogP contribution in [0.5, 0.6) is 0 Å². The summed E-state index contributed by atoms with van der Waals surface area (Å²) in [6.45, 7) is 1.52. The van der Waals surface area contributed by atoms with Crippen molar-refractivity contribution < 1.29 is 4.79 Å². The maximum absolute atomic E-state index is 12.9. The highest BCUT2D eigenvalue weighted by molar-refractivity contribution is 6.32. The van der Waals surface area contributed by atoms with E-state index in [4.69, 9.17) is 7.85 Å². The molecule has 1 aliphatic heterocycles. The molecule has 2 aromatic rings. The lowest BCUT2D eigenvalue weighted by atomic mass is 9.91. The first-order valence-corrected chi connectivity index (χ1v) is 7.37. The number of nitrogens with zero attached hydrogens (tertiary/aromatic N) is 3. The van der Waals surface area contributed by atoms with Crippen LogP contribution in [0.3, 0.4) is 0 Å². The van der Waals surface area contributed by atoms with E-state index in [2.05, 4.69) is 4.98 Å². The molecule has 1 unspecified atom stereocenters. The van der Waals surface area contributed by atoms with Gasteiger partial charge in [0.25, 0.3) is 5.91 Å². The zero-order chi connectivity index (χ0) is 14.4. The third-order valence-electron chi connectivity index (χ3n) is 4.32. The Morgan fingerprint density at radius 3 is 2.95 bits per heavy atom. The van der Waals surface area contributed by atoms with Crippen LogP contribution < -0.4 is 5.46 Å². The molecule has 1 aromatic carbocycles. The molecule has 1 saturated carbocycles. The van der Waals surface area contributed by atoms with E-state index in [1.165, 1.54) is 12.8 Å². The van der Waals surface area contributed by atoms with E-state index in [1.54, 1.807) is 6.33 Å². The fourth-order valence-corrected chi connectivity index (χ4v) is 3.05. The number of amides is 1. The molecule has 0 N–H and O–H groups in total. The van der Waals surface area contributed by atoms with Crippen LogP contribution in [-0.2, 0) is 11.3 Å². The molecule has 1 aromatic heterocycles. The van der Waals surface area contributed by atoms with Gasteiger partial charge in [0.15, 0.2) is 0 Å². The molecule has 5 heteroatoms. The first-order chi connectivity index (χ1) is 10.2. The number of rotatable bonds is 3. The van der Waals surface area contributed by atoms with Crippen molar-refractivity contribution in [2.45, 2.75) is 25.4 Å². The van der Waals surface area contributed by atoms with Crippen LogP contribution in [0.15, 0.2) is 36.8 Å². The smallest absolute Gasteiger partial charge is 0.250 e. The summed E-state index contributed by atoms with van der Waals surface area (Å²) in [5.74, 6) is 0.836. The number of carbonyl (C=O) groups is 1. The lowest BCUT2D eigenvalue weighted by Gasteiger charge is -2.34. The second kappa shape index (κ2) is 4.76. The molecule has 1 fully saturated rings. The van der Waals surface area contributed by atoms with E-state index in [-0.39, 0.29) is 11.9 Å². The molecular weight excluding hydrogens is 261 g/mol. The van der Waals surface area contributed by atoms with E-state index in [9.17, 15) is 4.79 Å². The van der Waals surface area contributed by atoms with Crippen molar-refractivity contribution >= 4 is 19.2 Å². The van der Waals surface area contributed by atoms with Crippen LogP contribution in [-0.4, -0.2) is 34.7 Å². The zero-order valence-electron chi connectivity index (χ0n) is 11.8. The van der Waals surface area contributed by atoms with Crippen molar-refractivity contribution in [3.63, 3.8) is 0 Å². The lowest BCUT2D eigenvalue weighted by Crippen LogP contribution is -2.43. The summed E-state index contributed by atoms with van der Waals surface area (Å²) in [5, 5.41) is 0. The van der Waals surface area contributed by atoms with Crippen LogP contribution in [0.2, 0.25) is 0 Å². The van der Waals surface area contributed by atoms with Gasteiger partial charge in [-0.25, -0.2) is 4.98 Å². The summed E-state index contributed by atoms with van der Waals surface area (Å²) >= 11 is 0. The molecular formula is C16H16BN3O. The van der Waals surface area contributed by atoms with Crippen LogP contribution in [0.4, 0.5) is 0 Å². The average Bonchev–Trinajstić information content (AvgIpc) is 3.16. The van der Waals surface area contributed by atoms with E-state index in [0.29, 0.717) is 17.9 Å². The molecule has 1 atom stereocenters. The molecule has 4 nitrogen and oxygen atoms in total. The summed E-state index contributed by atoms with van der Waals surface area (Å²) in [5.41, 5.74) is 2.70. The van der Waals surface area contributed by atoms with Crippen LogP contribution in [0, 0.1) is 5.92 Å². The fraction of sp³-hybridized carbons (Fsp3) is 0.375. The highest BCUT2D eigenvalue weighted by atomic mass is 16.2. The summed E-state index contributed by atoms with van der Waals surface area (Å²) in [6.07, 6.45) is 6.08. The molecule has 0 saturated heterocycles. The predicted octanol–water partition coefficient (Wildman–Crippen LogP) is 1.02. The van der Waals surface area contributed by atoms with Gasteiger partial charge in [0.1, 0.15) is 13.9 Å². The van der Waals surface area contributed by atoms with Crippen molar-refractivity contribution in [2.75, 3.05) is 6.54 Å². The number of aromatic nitrogens is 2. The van der Waals surface area contributed by atoms with Crippen molar-refractivity contribution in [1.29, 1.82) is 0 Å². The minimum absolute atomic E-state index is 0.151. The second-order valence-corrected chi connectivity index (χ2v) is 6.03. The maximum atomic E-state index is 12.9. The molecule has 104 valence electrons. The average molecular weight is 277 g/mol. The third-order valence-corrected chi connectivity index (χ3v) is 4.32. The van der Waals surface area contributed by atoms with Gasteiger partial charge in [-0.1, -0.05) is 29.7 Å². The first kappa shape index (κ1) is 12.7. The van der Waals surface area contributed by atoms with Gasteiger partial charge in [0, 0.05) is 12.7 Å². The topological polar surface area (TPSA) is 38.1 Å². The van der Waals surface area contributed by atoms with Gasteiger partial charge in [-0.3, -0.25) is 4.79 Å². The first-order valence-electron chi connectivity index (χ1n) is 7.37. The highest BCUT2D eigenvalue weighted by Crippen LogP contribution is 2.34. The third kappa shape index (κ3) is 2.26. The van der Waals surface area contributed by atoms with Crippen LogP contribution in [0.25, 0.3) is 0 Å². The molecule has 1 amide bonds. The predicted molar refractivity (Wildman–Crippen MR) is 80.3 cm³/mol. The monoisotopic (exact) mass is 277 g/mol. The Hall–Kier alpha value is -2.04. The molecule has 0 bridgehead atoms. The van der Waals surface area contributed by atoms with Crippen molar-refractivity contribution in [3.05, 3.63) is 48.0 Å². The van der Waals surface area contributed by atoms with Gasteiger partial charge < -0.3 is 9.47 Å². The Morgan fingerprint density at radius 1 is 1.33 bits per heavy atom. The zero-order valence-corrected chi connectivity index (χ0v) is 11.8. The Bertz CT molecular complexity index is 692. The summed E-state index contributed by atoms with van der Waals surface area (Å²) in [4.78, 5) is 19.1. The van der Waals surface area contributed by atoms with Gasteiger partial charge in [-0.05, 0) is 24.3 Å². The maximum Gasteiger partial charge on any atom is 0.250 e. The second-order valence-electron chi connectivity index (χ2n) is 6.03. The van der Waals surface area contributed by atoms with E-state index in [0.717, 1.165) is 17.8 Å². The summed E-state index contributed by atoms with van der Waals surface area (Å²) in [7, 11) is 5.88. The summed E-state index contributed by atoms with van der Waals surface area (Å²) in [6, 6.07) is 7.25. The Labute approximate surface area is 125 Å². The van der Waals surface area contributed by atoms with E-state index >= 15 is 0 Å². The standard InChI is InChI=1S/C16H16BN3O/c17-13-3-1-2-12(6-13)15-16(21)19(8-11-4-5-11)9-14-7-18-10-20(14)15/h1-3,6-7,10-11,15H,4-5,8-9H2.